The van der Waals surface area contributed by atoms with Gasteiger partial charge in [0.15, 0.2) is 5.78 Å². The van der Waals surface area contributed by atoms with Gasteiger partial charge in [-0.2, -0.15) is 5.26 Å². The molecule has 0 saturated heterocycles. The molecule has 0 fully saturated rings. The number of nitrogens with two attached hydrogens (primary N) is 1. The van der Waals surface area contributed by atoms with Crippen LogP contribution in [0.5, 0.6) is 5.75 Å². The van der Waals surface area contributed by atoms with E-state index in [2.05, 4.69) is 18.2 Å². The molecular formula is C25H25N3O2. The number of hydrogen-bond acceptors (Lipinski definition) is 5. The van der Waals surface area contributed by atoms with Crippen LogP contribution in [-0.4, -0.2) is 17.7 Å². The van der Waals surface area contributed by atoms with Crippen molar-refractivity contribution >= 4 is 5.78 Å². The Kier molecular flexibility index (Phi) is 5.33. The maximum absolute atomic E-state index is 13.0. The number of aryl methyl sites for hydroxylation is 1. The molecule has 2 aromatic carbocycles. The van der Waals surface area contributed by atoms with Gasteiger partial charge in [-0.1, -0.05) is 48.0 Å². The third-order valence-corrected chi connectivity index (χ3v) is 5.91. The summed E-state index contributed by atoms with van der Waals surface area (Å²) >= 11 is 0. The largest absolute Gasteiger partial charge is 0.489 e. The summed E-state index contributed by atoms with van der Waals surface area (Å²) in [6.07, 6.45) is 2.07. The number of ketones is 1. The number of benzene rings is 2. The third kappa shape index (κ3) is 3.46. The summed E-state index contributed by atoms with van der Waals surface area (Å²) in [6.45, 7) is 2.46. The number of rotatable bonds is 4. The average molecular weight is 399 g/mol. The van der Waals surface area contributed by atoms with Crippen molar-refractivity contribution < 1.29 is 9.53 Å². The lowest BCUT2D eigenvalue weighted by molar-refractivity contribution is -0.116. The van der Waals surface area contributed by atoms with Crippen molar-refractivity contribution in [1.29, 1.82) is 5.26 Å². The van der Waals surface area contributed by atoms with Gasteiger partial charge in [0.1, 0.15) is 18.2 Å². The summed E-state index contributed by atoms with van der Waals surface area (Å²) in [4.78, 5) is 14.8. The van der Waals surface area contributed by atoms with Crippen LogP contribution < -0.4 is 10.5 Å². The van der Waals surface area contributed by atoms with E-state index < -0.39 is 5.92 Å². The van der Waals surface area contributed by atoms with E-state index in [-0.39, 0.29) is 5.78 Å². The normalized spacial score (nSPS) is 18.9. The summed E-state index contributed by atoms with van der Waals surface area (Å²) in [5, 5.41) is 9.92. The van der Waals surface area contributed by atoms with Crippen molar-refractivity contribution in [3.05, 3.63) is 87.9 Å². The lowest BCUT2D eigenvalue weighted by Gasteiger charge is -2.38. The Morgan fingerprint density at radius 1 is 1.17 bits per heavy atom. The van der Waals surface area contributed by atoms with E-state index in [9.17, 15) is 10.1 Å². The lowest BCUT2D eigenvalue weighted by Crippen LogP contribution is -2.36. The molecule has 2 N–H and O–H groups in total. The van der Waals surface area contributed by atoms with Gasteiger partial charge in [-0.25, -0.2) is 0 Å². The fourth-order valence-electron chi connectivity index (χ4n) is 4.27. The summed E-state index contributed by atoms with van der Waals surface area (Å²) in [7, 11) is 1.83. The monoisotopic (exact) mass is 399 g/mol. The van der Waals surface area contributed by atoms with Crippen molar-refractivity contribution in [3.8, 4) is 11.8 Å². The van der Waals surface area contributed by atoms with Gasteiger partial charge in [-0.15, -0.1) is 0 Å². The predicted octanol–water partition coefficient (Wildman–Crippen LogP) is 4.30. The second-order valence-electron chi connectivity index (χ2n) is 7.85. The Balaban J connectivity index is 1.76. The molecule has 0 amide bonds. The molecular weight excluding hydrogens is 374 g/mol. The molecule has 4 rings (SSSR count). The highest BCUT2D eigenvalue weighted by Gasteiger charge is 2.39. The van der Waals surface area contributed by atoms with Crippen molar-refractivity contribution in [1.82, 2.24) is 4.90 Å². The molecule has 5 nitrogen and oxygen atoms in total. The van der Waals surface area contributed by atoms with Crippen LogP contribution in [0, 0.1) is 18.3 Å². The molecule has 1 aliphatic carbocycles. The van der Waals surface area contributed by atoms with Gasteiger partial charge in [0.05, 0.1) is 17.6 Å². The van der Waals surface area contributed by atoms with E-state index in [4.69, 9.17) is 10.5 Å². The Morgan fingerprint density at radius 2 is 1.90 bits per heavy atom. The van der Waals surface area contributed by atoms with Crippen LogP contribution in [0.4, 0.5) is 0 Å². The second kappa shape index (κ2) is 8.08. The zero-order chi connectivity index (χ0) is 21.3. The number of para-hydroxylation sites is 1. The van der Waals surface area contributed by atoms with Gasteiger partial charge in [0.25, 0.3) is 0 Å². The fourth-order valence-corrected chi connectivity index (χ4v) is 4.27. The Labute approximate surface area is 177 Å². The second-order valence-corrected chi connectivity index (χ2v) is 7.85. The Hall–Kier alpha value is -3.52. The number of nitrogens with zero attached hydrogens (tertiary/aromatic N) is 2. The molecule has 1 atom stereocenters. The maximum atomic E-state index is 13.0. The molecule has 0 aromatic heterocycles. The van der Waals surface area contributed by atoms with E-state index in [1.807, 2.05) is 50.4 Å². The van der Waals surface area contributed by atoms with E-state index in [1.54, 1.807) is 4.90 Å². The first kappa shape index (κ1) is 19.8. The Bertz CT molecular complexity index is 1090. The molecule has 0 radical (unpaired) electrons. The molecule has 0 bridgehead atoms. The molecule has 2 aromatic rings. The van der Waals surface area contributed by atoms with E-state index in [1.165, 1.54) is 5.56 Å². The fraction of sp³-hybridized carbons (Fsp3) is 0.280. The van der Waals surface area contributed by atoms with Crippen LogP contribution in [0.3, 0.4) is 0 Å². The minimum atomic E-state index is -0.497. The highest BCUT2D eigenvalue weighted by atomic mass is 16.5. The first-order valence-electron chi connectivity index (χ1n) is 10.2. The van der Waals surface area contributed by atoms with Crippen molar-refractivity contribution in [2.45, 2.75) is 38.7 Å². The number of carbonyl (C=O) groups excluding carboxylic acids is 1. The van der Waals surface area contributed by atoms with E-state index in [0.717, 1.165) is 29.7 Å². The molecule has 152 valence electrons. The number of ether oxygens (including phenoxy) is 1. The minimum Gasteiger partial charge on any atom is -0.489 e. The molecule has 1 heterocycles. The van der Waals surface area contributed by atoms with Crippen LogP contribution in [0.15, 0.2) is 71.2 Å². The van der Waals surface area contributed by atoms with Gasteiger partial charge in [-0.3, -0.25) is 4.79 Å². The van der Waals surface area contributed by atoms with Crippen molar-refractivity contribution in [3.63, 3.8) is 0 Å². The average Bonchev–Trinajstić information content (AvgIpc) is 2.76. The van der Waals surface area contributed by atoms with Gasteiger partial charge in [-0.05, 0) is 31.4 Å². The number of hydrogen-bond donors (Lipinski definition) is 1. The zero-order valence-electron chi connectivity index (χ0n) is 17.3. The highest BCUT2D eigenvalue weighted by Crippen LogP contribution is 2.46. The van der Waals surface area contributed by atoms with Gasteiger partial charge in [0.2, 0.25) is 0 Å². The molecule has 0 saturated carbocycles. The molecule has 5 heteroatoms. The molecule has 1 aliphatic heterocycles. The number of nitriles is 1. The van der Waals surface area contributed by atoms with Gasteiger partial charge in [0, 0.05) is 30.3 Å². The lowest BCUT2D eigenvalue weighted by atomic mass is 9.75. The van der Waals surface area contributed by atoms with Crippen LogP contribution in [0.25, 0.3) is 0 Å². The smallest absolute Gasteiger partial charge is 0.161 e. The summed E-state index contributed by atoms with van der Waals surface area (Å²) in [5.74, 6) is 0.660. The van der Waals surface area contributed by atoms with Crippen LogP contribution in [0.1, 0.15) is 41.9 Å². The van der Waals surface area contributed by atoms with Crippen LogP contribution in [-0.2, 0) is 11.4 Å². The first-order chi connectivity index (χ1) is 14.5. The molecule has 0 spiro atoms. The van der Waals surface area contributed by atoms with E-state index >= 15 is 0 Å². The maximum Gasteiger partial charge on any atom is 0.161 e. The predicted molar refractivity (Wildman–Crippen MR) is 115 cm³/mol. The van der Waals surface area contributed by atoms with Crippen molar-refractivity contribution in [2.75, 3.05) is 7.05 Å². The molecule has 30 heavy (non-hydrogen) atoms. The standard InChI is InChI=1S/C25H25N3O2/c1-16-10-12-17(13-11-16)15-30-22-9-4-3-6-18(22)23-19(14-26)25(27)28(2)20-7-5-8-21(29)24(20)23/h3-4,6,9-13,23H,5,7-8,15,27H2,1-2H3/t23-/m1/s1. The summed E-state index contributed by atoms with van der Waals surface area (Å²) < 4.78 is 6.17. The Morgan fingerprint density at radius 3 is 2.63 bits per heavy atom. The summed E-state index contributed by atoms with van der Waals surface area (Å²) in [5.41, 5.74) is 11.4. The van der Waals surface area contributed by atoms with Crippen LogP contribution >= 0.6 is 0 Å². The van der Waals surface area contributed by atoms with Gasteiger partial charge < -0.3 is 15.4 Å². The number of Topliss-reactive ketones (excluding diaryl/α,β-unsaturated/α-hetero) is 1. The number of allylic oxidation sites excluding steroid dienone is 3. The molecule has 2 aliphatic rings. The zero-order valence-corrected chi connectivity index (χ0v) is 17.3. The van der Waals surface area contributed by atoms with E-state index in [0.29, 0.717) is 35.7 Å². The minimum absolute atomic E-state index is 0.0849. The SMILES string of the molecule is Cc1ccc(COc2ccccc2[C@@H]2C(C#N)=C(N)N(C)C3=C2C(=O)CCC3)cc1. The first-order valence-corrected chi connectivity index (χ1v) is 10.2. The van der Waals surface area contributed by atoms with Crippen molar-refractivity contribution in [2.24, 2.45) is 5.73 Å². The quantitative estimate of drug-likeness (QED) is 0.829. The third-order valence-electron chi connectivity index (χ3n) is 5.91. The van der Waals surface area contributed by atoms with Crippen LogP contribution in [0.2, 0.25) is 0 Å². The highest BCUT2D eigenvalue weighted by molar-refractivity contribution is 6.00. The number of carbonyl (C=O) groups is 1. The topological polar surface area (TPSA) is 79.3 Å². The molecule has 0 unspecified atom stereocenters. The van der Waals surface area contributed by atoms with Gasteiger partial charge >= 0.3 is 0 Å². The summed E-state index contributed by atoms with van der Waals surface area (Å²) in [6, 6.07) is 18.1.